The lowest BCUT2D eigenvalue weighted by Crippen LogP contribution is -2.11. The van der Waals surface area contributed by atoms with E-state index in [1.165, 1.54) is 12.4 Å². The number of hydrogen-bond donors (Lipinski definition) is 0. The third-order valence-corrected chi connectivity index (χ3v) is 2.62. The van der Waals surface area contributed by atoms with Crippen LogP contribution in [-0.2, 0) is 5.92 Å². The molecule has 0 N–H and O–H groups in total. The van der Waals surface area contributed by atoms with Crippen LogP contribution in [0.25, 0.3) is 11.4 Å². The molecule has 0 radical (unpaired) electrons. The zero-order valence-corrected chi connectivity index (χ0v) is 10.7. The van der Waals surface area contributed by atoms with Gasteiger partial charge in [-0.3, -0.25) is 4.98 Å². The number of hydrogen-bond acceptors (Lipinski definition) is 3. The molecule has 0 saturated carbocycles. The molecule has 0 atom stereocenters. The van der Waals surface area contributed by atoms with Crippen LogP contribution in [0.4, 0.5) is 8.78 Å². The van der Waals surface area contributed by atoms with Gasteiger partial charge in [-0.25, -0.2) is 9.97 Å². The van der Waals surface area contributed by atoms with Gasteiger partial charge in [0.15, 0.2) is 5.15 Å². The molecule has 3 nitrogen and oxygen atoms in total. The average molecular weight is 290 g/mol. The van der Waals surface area contributed by atoms with Gasteiger partial charge in [0, 0.05) is 13.1 Å². The van der Waals surface area contributed by atoms with E-state index in [0.29, 0.717) is 23.3 Å². The number of nitrogens with zero attached hydrogens (tertiary/aromatic N) is 3. The lowest BCUT2D eigenvalue weighted by atomic mass is 10.2. The zero-order valence-electron chi connectivity index (χ0n) is 9.16. The molecule has 0 unspecified atom stereocenters. The van der Waals surface area contributed by atoms with Gasteiger partial charge in [0.25, 0.3) is 5.92 Å². The highest BCUT2D eigenvalue weighted by molar-refractivity contribution is 6.30. The molecule has 7 heteroatoms. The van der Waals surface area contributed by atoms with E-state index in [2.05, 4.69) is 15.0 Å². The monoisotopic (exact) mass is 289 g/mol. The minimum Gasteiger partial charge on any atom is -0.253 e. The van der Waals surface area contributed by atoms with Gasteiger partial charge >= 0.3 is 0 Å². The Kier molecular flexibility index (Phi) is 3.45. The van der Waals surface area contributed by atoms with E-state index in [-0.39, 0.29) is 5.15 Å². The summed E-state index contributed by atoms with van der Waals surface area (Å²) in [5, 5.41) is 0.131. The van der Waals surface area contributed by atoms with Crippen LogP contribution in [-0.4, -0.2) is 15.0 Å². The molecule has 2 aromatic heterocycles. The topological polar surface area (TPSA) is 38.7 Å². The fourth-order valence-electron chi connectivity index (χ4n) is 1.31. The van der Waals surface area contributed by atoms with Crippen LogP contribution < -0.4 is 0 Å². The summed E-state index contributed by atoms with van der Waals surface area (Å²) in [7, 11) is 0. The lowest BCUT2D eigenvalue weighted by molar-refractivity contribution is 0.0125. The van der Waals surface area contributed by atoms with Crippen molar-refractivity contribution in [3.05, 3.63) is 40.4 Å². The molecule has 0 aliphatic heterocycles. The minimum atomic E-state index is -3.13. The van der Waals surface area contributed by atoms with Gasteiger partial charge in [-0.15, -0.1) is 0 Å². The zero-order chi connectivity index (χ0) is 13.3. The summed E-state index contributed by atoms with van der Waals surface area (Å²) in [6, 6.07) is 3.22. The first-order chi connectivity index (χ1) is 8.38. The van der Waals surface area contributed by atoms with Crippen molar-refractivity contribution in [3.63, 3.8) is 0 Å². The minimum absolute atomic E-state index is 0.310. The maximum Gasteiger partial charge on any atom is 0.290 e. The van der Waals surface area contributed by atoms with Crippen molar-refractivity contribution in [2.75, 3.05) is 0 Å². The van der Waals surface area contributed by atoms with Crippen LogP contribution in [0.15, 0.2) is 24.5 Å². The normalized spacial score (nSPS) is 11.6. The molecule has 0 aliphatic carbocycles. The number of rotatable bonds is 2. The third kappa shape index (κ3) is 2.73. The maximum atomic E-state index is 13.1. The van der Waals surface area contributed by atoms with Gasteiger partial charge in [-0.2, -0.15) is 8.78 Å². The smallest absolute Gasteiger partial charge is 0.253 e. The molecule has 0 bridgehead atoms. The van der Waals surface area contributed by atoms with Crippen molar-refractivity contribution < 1.29 is 8.78 Å². The van der Waals surface area contributed by atoms with Gasteiger partial charge in [0.2, 0.25) is 0 Å². The van der Waals surface area contributed by atoms with E-state index in [4.69, 9.17) is 23.2 Å². The second kappa shape index (κ2) is 4.74. The Morgan fingerprint density at radius 1 is 1.06 bits per heavy atom. The Morgan fingerprint density at radius 2 is 1.78 bits per heavy atom. The van der Waals surface area contributed by atoms with E-state index in [9.17, 15) is 8.78 Å². The van der Waals surface area contributed by atoms with Crippen LogP contribution >= 0.6 is 23.2 Å². The van der Waals surface area contributed by atoms with Crippen molar-refractivity contribution in [2.45, 2.75) is 12.8 Å². The first kappa shape index (κ1) is 13.1. The molecular weight excluding hydrogens is 283 g/mol. The summed E-state index contributed by atoms with van der Waals surface area (Å²) in [4.78, 5) is 11.5. The van der Waals surface area contributed by atoms with Crippen molar-refractivity contribution >= 4 is 23.2 Å². The Morgan fingerprint density at radius 3 is 2.28 bits per heavy atom. The Hall–Kier alpha value is -1.33. The van der Waals surface area contributed by atoms with Gasteiger partial charge in [-0.1, -0.05) is 23.2 Å². The average Bonchev–Trinajstić information content (AvgIpc) is 2.28. The fourth-order valence-corrected chi connectivity index (χ4v) is 1.73. The van der Waals surface area contributed by atoms with Crippen molar-refractivity contribution in [3.8, 4) is 11.4 Å². The predicted molar refractivity (Wildman–Crippen MR) is 64.9 cm³/mol. The third-order valence-electron chi connectivity index (χ3n) is 2.14. The van der Waals surface area contributed by atoms with E-state index >= 15 is 0 Å². The molecule has 2 heterocycles. The van der Waals surface area contributed by atoms with Gasteiger partial charge < -0.3 is 0 Å². The van der Waals surface area contributed by atoms with E-state index in [0.717, 1.165) is 0 Å². The standard InChI is InChI=1S/C11H7Cl2F2N3/c1-11(14,15)9-10(13)18-8(5-17-9)7-3-2-6(12)4-16-7/h2-5H,1H3. The van der Waals surface area contributed by atoms with E-state index < -0.39 is 11.6 Å². The molecule has 2 aromatic rings. The molecule has 94 valence electrons. The van der Waals surface area contributed by atoms with Gasteiger partial charge in [0.1, 0.15) is 11.4 Å². The molecule has 0 aliphatic rings. The maximum absolute atomic E-state index is 13.1. The first-order valence-corrected chi connectivity index (χ1v) is 5.66. The molecule has 0 saturated heterocycles. The van der Waals surface area contributed by atoms with Crippen LogP contribution in [0, 0.1) is 0 Å². The summed E-state index contributed by atoms with van der Waals surface area (Å²) < 4.78 is 26.2. The molecule has 0 amide bonds. The molecular formula is C11H7Cl2F2N3. The number of pyridine rings is 1. The second-order valence-electron chi connectivity index (χ2n) is 3.64. The number of halogens is 4. The summed E-state index contributed by atoms with van der Waals surface area (Å²) in [5.74, 6) is -3.13. The van der Waals surface area contributed by atoms with Crippen molar-refractivity contribution in [1.29, 1.82) is 0 Å². The number of alkyl halides is 2. The van der Waals surface area contributed by atoms with Crippen LogP contribution in [0.1, 0.15) is 12.6 Å². The Labute approximate surface area is 112 Å². The van der Waals surface area contributed by atoms with Crippen LogP contribution in [0.2, 0.25) is 10.2 Å². The highest BCUT2D eigenvalue weighted by Gasteiger charge is 2.30. The fraction of sp³-hybridized carbons (Fsp3) is 0.182. The van der Waals surface area contributed by atoms with Crippen LogP contribution in [0.3, 0.4) is 0 Å². The van der Waals surface area contributed by atoms with Crippen molar-refractivity contribution in [2.24, 2.45) is 0 Å². The van der Waals surface area contributed by atoms with Crippen molar-refractivity contribution in [1.82, 2.24) is 15.0 Å². The van der Waals surface area contributed by atoms with Gasteiger partial charge in [0.05, 0.1) is 16.9 Å². The summed E-state index contributed by atoms with van der Waals surface area (Å²) in [6.07, 6.45) is 2.63. The summed E-state index contributed by atoms with van der Waals surface area (Å²) in [6.45, 7) is 0.711. The molecule has 0 spiro atoms. The Balaban J connectivity index is 2.43. The van der Waals surface area contributed by atoms with Crippen LogP contribution in [0.5, 0.6) is 0 Å². The molecule has 18 heavy (non-hydrogen) atoms. The summed E-state index contributed by atoms with van der Waals surface area (Å²) >= 11 is 11.4. The largest absolute Gasteiger partial charge is 0.290 e. The highest BCUT2D eigenvalue weighted by Crippen LogP contribution is 2.31. The Bertz CT molecular complexity index is 567. The van der Waals surface area contributed by atoms with E-state index in [1.54, 1.807) is 12.1 Å². The molecule has 2 rings (SSSR count). The highest BCUT2D eigenvalue weighted by atomic mass is 35.5. The first-order valence-electron chi connectivity index (χ1n) is 4.90. The number of aromatic nitrogens is 3. The lowest BCUT2D eigenvalue weighted by Gasteiger charge is -2.11. The van der Waals surface area contributed by atoms with Gasteiger partial charge in [-0.05, 0) is 12.1 Å². The predicted octanol–water partition coefficient (Wildman–Crippen LogP) is 3.96. The van der Waals surface area contributed by atoms with E-state index in [1.807, 2.05) is 0 Å². The molecule has 0 aromatic carbocycles. The SMILES string of the molecule is CC(F)(F)c1ncc(-c2ccc(Cl)cn2)nc1Cl. The molecule has 0 fully saturated rings. The second-order valence-corrected chi connectivity index (χ2v) is 4.44. The summed E-state index contributed by atoms with van der Waals surface area (Å²) in [5.41, 5.74) is 0.214. The quantitative estimate of drug-likeness (QED) is 0.840.